The molecule has 2 aliphatic rings. The Hall–Kier alpha value is -3.26. The van der Waals surface area contributed by atoms with E-state index in [4.69, 9.17) is 0 Å². The highest BCUT2D eigenvalue weighted by Gasteiger charge is 2.27. The molecule has 4 rings (SSSR count). The molecular formula is C23H26FN4O3+. The number of benzene rings is 2. The fourth-order valence-corrected chi connectivity index (χ4v) is 4.06. The van der Waals surface area contributed by atoms with Gasteiger partial charge in [-0.05, 0) is 55.0 Å². The molecule has 7 nitrogen and oxygen atoms in total. The van der Waals surface area contributed by atoms with Crippen molar-refractivity contribution in [1.29, 1.82) is 0 Å². The summed E-state index contributed by atoms with van der Waals surface area (Å²) >= 11 is 0. The summed E-state index contributed by atoms with van der Waals surface area (Å²) in [6, 6.07) is 12.9. The van der Waals surface area contributed by atoms with E-state index >= 15 is 0 Å². The van der Waals surface area contributed by atoms with E-state index in [9.17, 15) is 18.8 Å². The van der Waals surface area contributed by atoms with Crippen molar-refractivity contribution in [2.45, 2.75) is 12.8 Å². The van der Waals surface area contributed by atoms with E-state index in [1.54, 1.807) is 21.9 Å². The molecule has 0 bridgehead atoms. The number of carbonyl (C=O) groups is 3. The molecule has 0 saturated carbocycles. The maximum absolute atomic E-state index is 13.0. The summed E-state index contributed by atoms with van der Waals surface area (Å²) in [5, 5.41) is 2.77. The lowest BCUT2D eigenvalue weighted by molar-refractivity contribution is -0.895. The molecule has 2 saturated heterocycles. The first kappa shape index (κ1) is 21.0. The highest BCUT2D eigenvalue weighted by atomic mass is 19.1. The van der Waals surface area contributed by atoms with Gasteiger partial charge in [0.05, 0.1) is 26.2 Å². The Morgan fingerprint density at radius 3 is 2.26 bits per heavy atom. The lowest BCUT2D eigenvalue weighted by Gasteiger charge is -2.32. The number of nitrogens with zero attached hydrogens (tertiary/aromatic N) is 2. The summed E-state index contributed by atoms with van der Waals surface area (Å²) in [4.78, 5) is 41.6. The number of piperazine rings is 1. The predicted octanol–water partition coefficient (Wildman–Crippen LogP) is 0.932. The fraction of sp³-hybridized carbons (Fsp3) is 0.348. The first-order chi connectivity index (χ1) is 15.0. The van der Waals surface area contributed by atoms with Crippen molar-refractivity contribution in [2.24, 2.45) is 0 Å². The van der Waals surface area contributed by atoms with Crippen molar-refractivity contribution in [2.75, 3.05) is 49.5 Å². The smallest absolute Gasteiger partial charge is 0.279 e. The third kappa shape index (κ3) is 5.08. The van der Waals surface area contributed by atoms with Crippen LogP contribution in [-0.4, -0.2) is 61.9 Å². The minimum Gasteiger partial charge on any atom is -0.327 e. The predicted molar refractivity (Wildman–Crippen MR) is 115 cm³/mol. The fourth-order valence-electron chi connectivity index (χ4n) is 4.06. The molecule has 0 aromatic heterocycles. The molecule has 2 heterocycles. The second-order valence-electron chi connectivity index (χ2n) is 7.97. The van der Waals surface area contributed by atoms with Crippen LogP contribution in [0.15, 0.2) is 48.5 Å². The highest BCUT2D eigenvalue weighted by molar-refractivity contribution is 5.97. The van der Waals surface area contributed by atoms with E-state index in [1.807, 2.05) is 12.1 Å². The Bertz CT molecular complexity index is 954. The number of anilines is 2. The quantitative estimate of drug-likeness (QED) is 0.749. The van der Waals surface area contributed by atoms with Crippen molar-refractivity contribution < 1.29 is 23.7 Å². The Morgan fingerprint density at radius 2 is 1.65 bits per heavy atom. The molecule has 2 aliphatic heterocycles. The van der Waals surface area contributed by atoms with Gasteiger partial charge in [-0.15, -0.1) is 0 Å². The standard InChI is InChI=1S/C23H25FN4O3/c24-18-5-7-19(8-6-18)25-21(29)16-26-12-14-27(15-13-26)23(31)17-3-9-20(10-4-17)28-11-1-2-22(28)30/h3-10H,1-2,11-16H2,(H,25,29)/p+1. The number of quaternary nitrogens is 1. The highest BCUT2D eigenvalue weighted by Crippen LogP contribution is 2.22. The zero-order valence-corrected chi connectivity index (χ0v) is 17.3. The molecule has 0 unspecified atom stereocenters. The van der Waals surface area contributed by atoms with Crippen molar-refractivity contribution in [3.8, 4) is 0 Å². The molecule has 8 heteroatoms. The Balaban J connectivity index is 1.26. The van der Waals surface area contributed by atoms with Crippen LogP contribution in [0.4, 0.5) is 15.8 Å². The Labute approximate surface area is 180 Å². The van der Waals surface area contributed by atoms with Crippen LogP contribution in [0.5, 0.6) is 0 Å². The van der Waals surface area contributed by atoms with Gasteiger partial charge in [0, 0.05) is 29.9 Å². The van der Waals surface area contributed by atoms with Gasteiger partial charge in [0.1, 0.15) is 5.82 Å². The number of hydrogen-bond acceptors (Lipinski definition) is 3. The van der Waals surface area contributed by atoms with E-state index in [-0.39, 0.29) is 23.5 Å². The second kappa shape index (κ2) is 9.26. The molecule has 0 spiro atoms. The lowest BCUT2D eigenvalue weighted by Crippen LogP contribution is -3.15. The van der Waals surface area contributed by atoms with E-state index in [0.29, 0.717) is 50.4 Å². The largest absolute Gasteiger partial charge is 0.327 e. The minimum atomic E-state index is -0.344. The molecule has 162 valence electrons. The SMILES string of the molecule is O=C(C[NH+]1CCN(C(=O)c2ccc(N3CCCC3=O)cc2)CC1)Nc1ccc(F)cc1. The van der Waals surface area contributed by atoms with Gasteiger partial charge in [0.25, 0.3) is 11.8 Å². The average molecular weight is 425 g/mol. The van der Waals surface area contributed by atoms with Gasteiger partial charge >= 0.3 is 0 Å². The molecule has 0 radical (unpaired) electrons. The molecule has 0 aliphatic carbocycles. The monoisotopic (exact) mass is 425 g/mol. The number of carbonyl (C=O) groups excluding carboxylic acids is 3. The second-order valence-corrected chi connectivity index (χ2v) is 7.97. The number of nitrogens with one attached hydrogen (secondary N) is 2. The Morgan fingerprint density at radius 1 is 0.968 bits per heavy atom. The molecule has 2 N–H and O–H groups in total. The van der Waals surface area contributed by atoms with Gasteiger partial charge in [-0.25, -0.2) is 4.39 Å². The van der Waals surface area contributed by atoms with Crippen molar-refractivity contribution in [3.63, 3.8) is 0 Å². The first-order valence-electron chi connectivity index (χ1n) is 10.6. The number of halogens is 1. The summed E-state index contributed by atoms with van der Waals surface area (Å²) in [6.45, 7) is 3.55. The van der Waals surface area contributed by atoms with Crippen molar-refractivity contribution in [1.82, 2.24) is 4.90 Å². The van der Waals surface area contributed by atoms with Crippen LogP contribution in [0.1, 0.15) is 23.2 Å². The van der Waals surface area contributed by atoms with E-state index < -0.39 is 0 Å². The zero-order chi connectivity index (χ0) is 21.8. The van der Waals surface area contributed by atoms with Crippen LogP contribution in [0.2, 0.25) is 0 Å². The number of rotatable bonds is 5. The molecule has 31 heavy (non-hydrogen) atoms. The average Bonchev–Trinajstić information content (AvgIpc) is 3.21. The van der Waals surface area contributed by atoms with Crippen LogP contribution in [-0.2, 0) is 9.59 Å². The molecule has 2 fully saturated rings. The van der Waals surface area contributed by atoms with Crippen LogP contribution < -0.4 is 15.1 Å². The van der Waals surface area contributed by atoms with Gasteiger partial charge in [-0.2, -0.15) is 0 Å². The Kier molecular flexibility index (Phi) is 6.27. The maximum Gasteiger partial charge on any atom is 0.279 e. The zero-order valence-electron chi connectivity index (χ0n) is 17.3. The van der Waals surface area contributed by atoms with Crippen LogP contribution in [0.3, 0.4) is 0 Å². The summed E-state index contributed by atoms with van der Waals surface area (Å²) in [6.07, 6.45) is 1.45. The third-order valence-electron chi connectivity index (χ3n) is 5.80. The molecule has 0 atom stereocenters. The number of amides is 3. The lowest BCUT2D eigenvalue weighted by atomic mass is 10.1. The van der Waals surface area contributed by atoms with Crippen molar-refractivity contribution >= 4 is 29.1 Å². The van der Waals surface area contributed by atoms with Crippen molar-refractivity contribution in [3.05, 3.63) is 59.9 Å². The summed E-state index contributed by atoms with van der Waals surface area (Å²) in [5.41, 5.74) is 2.01. The maximum atomic E-state index is 13.0. The molecular weight excluding hydrogens is 399 g/mol. The topological polar surface area (TPSA) is 74.2 Å². The normalized spacial score (nSPS) is 17.1. The van der Waals surface area contributed by atoms with Crippen LogP contribution >= 0.6 is 0 Å². The van der Waals surface area contributed by atoms with Crippen LogP contribution in [0.25, 0.3) is 0 Å². The number of hydrogen-bond donors (Lipinski definition) is 2. The first-order valence-corrected chi connectivity index (χ1v) is 10.6. The van der Waals surface area contributed by atoms with Gasteiger partial charge in [-0.1, -0.05) is 0 Å². The summed E-state index contributed by atoms with van der Waals surface area (Å²) < 4.78 is 13.0. The summed E-state index contributed by atoms with van der Waals surface area (Å²) in [7, 11) is 0. The van der Waals surface area contributed by atoms with E-state index in [0.717, 1.165) is 23.6 Å². The van der Waals surface area contributed by atoms with Gasteiger partial charge in [0.15, 0.2) is 6.54 Å². The molecule has 2 aromatic rings. The molecule has 2 aromatic carbocycles. The van der Waals surface area contributed by atoms with Gasteiger partial charge in [0.2, 0.25) is 5.91 Å². The minimum absolute atomic E-state index is 0.0332. The van der Waals surface area contributed by atoms with E-state index in [1.165, 1.54) is 24.3 Å². The van der Waals surface area contributed by atoms with E-state index in [2.05, 4.69) is 5.32 Å². The van der Waals surface area contributed by atoms with Crippen LogP contribution in [0, 0.1) is 5.82 Å². The molecule has 3 amide bonds. The summed E-state index contributed by atoms with van der Waals surface area (Å²) in [5.74, 6) is -0.382. The van der Waals surface area contributed by atoms with Gasteiger partial charge in [-0.3, -0.25) is 14.4 Å². The third-order valence-corrected chi connectivity index (χ3v) is 5.80. The van der Waals surface area contributed by atoms with Gasteiger partial charge < -0.3 is 20.0 Å².